The lowest BCUT2D eigenvalue weighted by atomic mass is 10.0. The summed E-state index contributed by atoms with van der Waals surface area (Å²) in [6.07, 6.45) is 4.75. The van der Waals surface area contributed by atoms with Crippen LogP contribution in [-0.4, -0.2) is 16.6 Å². The van der Waals surface area contributed by atoms with Gasteiger partial charge in [-0.2, -0.15) is 8.78 Å². The predicted octanol–water partition coefficient (Wildman–Crippen LogP) is 5.03. The first kappa shape index (κ1) is 16.6. The van der Waals surface area contributed by atoms with Crippen LogP contribution < -0.4 is 0 Å². The van der Waals surface area contributed by atoms with Gasteiger partial charge in [0.25, 0.3) is 3.93 Å². The second-order valence-electron chi connectivity index (χ2n) is 4.41. The molecular formula is C12H23F2IO. The molecule has 0 saturated heterocycles. The molecule has 4 heteroatoms. The summed E-state index contributed by atoms with van der Waals surface area (Å²) in [6.45, 7) is 6.46. The van der Waals surface area contributed by atoms with Gasteiger partial charge in [0.2, 0.25) is 0 Å². The van der Waals surface area contributed by atoms with Gasteiger partial charge in [0.05, 0.1) is 6.10 Å². The van der Waals surface area contributed by atoms with Crippen LogP contribution in [0.4, 0.5) is 8.78 Å². The molecule has 0 rings (SSSR count). The van der Waals surface area contributed by atoms with E-state index in [9.17, 15) is 8.78 Å². The van der Waals surface area contributed by atoms with Crippen molar-refractivity contribution in [3.05, 3.63) is 0 Å². The highest BCUT2D eigenvalue weighted by Crippen LogP contribution is 2.34. The summed E-state index contributed by atoms with van der Waals surface area (Å²) in [5.74, 6) is -0.574. The Balaban J connectivity index is 3.53. The van der Waals surface area contributed by atoms with Crippen LogP contribution in [0.25, 0.3) is 0 Å². The summed E-state index contributed by atoms with van der Waals surface area (Å²) in [5.41, 5.74) is 0. The number of halogens is 3. The molecule has 2 unspecified atom stereocenters. The summed E-state index contributed by atoms with van der Waals surface area (Å²) in [4.78, 5) is 0. The number of hydrogen-bond donors (Lipinski definition) is 0. The van der Waals surface area contributed by atoms with Gasteiger partial charge in [0.1, 0.15) is 0 Å². The van der Waals surface area contributed by atoms with E-state index < -0.39 is 9.85 Å². The average molecular weight is 348 g/mol. The summed E-state index contributed by atoms with van der Waals surface area (Å²) >= 11 is 1.21. The molecule has 0 fully saturated rings. The van der Waals surface area contributed by atoms with E-state index in [1.807, 2.05) is 6.92 Å². The summed E-state index contributed by atoms with van der Waals surface area (Å²) in [6, 6.07) is 0. The zero-order valence-corrected chi connectivity index (χ0v) is 12.6. The van der Waals surface area contributed by atoms with Crippen molar-refractivity contribution in [2.75, 3.05) is 6.61 Å². The maximum atomic E-state index is 12.9. The fraction of sp³-hybridized carbons (Fsp3) is 1.00. The molecule has 0 aliphatic heterocycles. The standard InChI is InChI=1S/C12H23F2IO/c1-4-5-6-9-16-11(3)8-7-10(2)12(13,14)15/h10-11H,4-9H2,1-3H3. The van der Waals surface area contributed by atoms with Crippen molar-refractivity contribution >= 4 is 22.6 Å². The highest BCUT2D eigenvalue weighted by molar-refractivity contribution is 14.1. The molecule has 0 amide bonds. The molecule has 0 spiro atoms. The molecular weight excluding hydrogens is 325 g/mol. The Hall–Kier alpha value is 0.550. The first-order chi connectivity index (χ1) is 7.38. The van der Waals surface area contributed by atoms with Crippen LogP contribution in [0.5, 0.6) is 0 Å². The molecule has 0 aromatic rings. The average Bonchev–Trinajstić information content (AvgIpc) is 2.19. The summed E-state index contributed by atoms with van der Waals surface area (Å²) < 4.78 is 28.7. The van der Waals surface area contributed by atoms with Gasteiger partial charge in [-0.3, -0.25) is 0 Å². The van der Waals surface area contributed by atoms with Gasteiger partial charge in [-0.1, -0.05) is 26.7 Å². The highest BCUT2D eigenvalue weighted by Gasteiger charge is 2.32. The molecule has 2 atom stereocenters. The quantitative estimate of drug-likeness (QED) is 0.323. The molecule has 0 aromatic heterocycles. The molecule has 0 N–H and O–H groups in total. The van der Waals surface area contributed by atoms with Gasteiger partial charge in [-0.05, 0) is 48.8 Å². The van der Waals surface area contributed by atoms with E-state index in [4.69, 9.17) is 4.74 Å². The van der Waals surface area contributed by atoms with E-state index in [1.165, 1.54) is 35.4 Å². The molecule has 0 saturated carbocycles. The van der Waals surface area contributed by atoms with E-state index in [-0.39, 0.29) is 6.10 Å². The Morgan fingerprint density at radius 3 is 2.31 bits per heavy atom. The second-order valence-corrected chi connectivity index (χ2v) is 5.85. The fourth-order valence-corrected chi connectivity index (χ4v) is 1.68. The van der Waals surface area contributed by atoms with Gasteiger partial charge in [-0.15, -0.1) is 0 Å². The van der Waals surface area contributed by atoms with Gasteiger partial charge >= 0.3 is 0 Å². The Bertz CT molecular complexity index is 171. The van der Waals surface area contributed by atoms with Gasteiger partial charge < -0.3 is 4.74 Å². The molecule has 0 heterocycles. The third kappa shape index (κ3) is 8.67. The molecule has 0 aromatic carbocycles. The third-order valence-corrected chi connectivity index (χ3v) is 3.78. The van der Waals surface area contributed by atoms with Crippen molar-refractivity contribution in [1.29, 1.82) is 0 Å². The van der Waals surface area contributed by atoms with E-state index in [0.29, 0.717) is 12.8 Å². The molecule has 98 valence electrons. The first-order valence-electron chi connectivity index (χ1n) is 6.06. The van der Waals surface area contributed by atoms with Crippen LogP contribution in [0.15, 0.2) is 0 Å². The minimum absolute atomic E-state index is 0.0954. The van der Waals surface area contributed by atoms with Crippen LogP contribution in [0.2, 0.25) is 0 Å². The largest absolute Gasteiger partial charge is 0.379 e. The smallest absolute Gasteiger partial charge is 0.299 e. The Labute approximate surface area is 111 Å². The predicted molar refractivity (Wildman–Crippen MR) is 72.3 cm³/mol. The number of alkyl halides is 3. The van der Waals surface area contributed by atoms with Crippen molar-refractivity contribution in [2.45, 2.75) is 62.9 Å². The van der Waals surface area contributed by atoms with Crippen LogP contribution >= 0.6 is 22.6 Å². The minimum Gasteiger partial charge on any atom is -0.379 e. The maximum Gasteiger partial charge on any atom is 0.299 e. The Morgan fingerprint density at radius 2 is 1.81 bits per heavy atom. The number of hydrogen-bond acceptors (Lipinski definition) is 1. The minimum atomic E-state index is -2.60. The van der Waals surface area contributed by atoms with E-state index in [0.717, 1.165) is 13.0 Å². The zero-order valence-electron chi connectivity index (χ0n) is 10.4. The monoisotopic (exact) mass is 348 g/mol. The van der Waals surface area contributed by atoms with E-state index in [1.54, 1.807) is 6.92 Å². The van der Waals surface area contributed by atoms with Crippen molar-refractivity contribution in [2.24, 2.45) is 5.92 Å². The van der Waals surface area contributed by atoms with Crippen molar-refractivity contribution < 1.29 is 13.5 Å². The normalized spacial score (nSPS) is 16.1. The van der Waals surface area contributed by atoms with E-state index >= 15 is 0 Å². The molecule has 0 aliphatic carbocycles. The molecule has 16 heavy (non-hydrogen) atoms. The molecule has 0 radical (unpaired) electrons. The third-order valence-electron chi connectivity index (χ3n) is 2.72. The summed E-state index contributed by atoms with van der Waals surface area (Å²) in [7, 11) is 0. The lowest BCUT2D eigenvalue weighted by Crippen LogP contribution is -2.20. The van der Waals surface area contributed by atoms with Gasteiger partial charge in [-0.25, -0.2) is 0 Å². The topological polar surface area (TPSA) is 9.23 Å². The van der Waals surface area contributed by atoms with Crippen LogP contribution in [-0.2, 0) is 4.74 Å². The van der Waals surface area contributed by atoms with Crippen LogP contribution in [0.1, 0.15) is 52.9 Å². The van der Waals surface area contributed by atoms with Crippen LogP contribution in [0, 0.1) is 5.92 Å². The molecule has 0 aliphatic rings. The SMILES string of the molecule is CCCCCOC(C)CCC(C)C(F)(F)I. The highest BCUT2D eigenvalue weighted by atomic mass is 127. The molecule has 1 nitrogen and oxygen atoms in total. The number of unbranched alkanes of at least 4 members (excludes halogenated alkanes) is 2. The van der Waals surface area contributed by atoms with E-state index in [2.05, 4.69) is 6.92 Å². The van der Waals surface area contributed by atoms with Crippen molar-refractivity contribution in [3.8, 4) is 0 Å². The van der Waals surface area contributed by atoms with Crippen LogP contribution in [0.3, 0.4) is 0 Å². The number of rotatable bonds is 9. The lowest BCUT2D eigenvalue weighted by molar-refractivity contribution is 0.0298. The fourth-order valence-electron chi connectivity index (χ4n) is 1.37. The van der Waals surface area contributed by atoms with Crippen molar-refractivity contribution in [3.63, 3.8) is 0 Å². The van der Waals surface area contributed by atoms with Gasteiger partial charge in [0, 0.05) is 12.5 Å². The Kier molecular flexibility index (Phi) is 8.91. The molecule has 0 bridgehead atoms. The van der Waals surface area contributed by atoms with Gasteiger partial charge in [0.15, 0.2) is 0 Å². The summed E-state index contributed by atoms with van der Waals surface area (Å²) in [5, 5.41) is 0. The maximum absolute atomic E-state index is 12.9. The first-order valence-corrected chi connectivity index (χ1v) is 7.14. The lowest BCUT2D eigenvalue weighted by Gasteiger charge is -2.19. The zero-order chi connectivity index (χ0) is 12.6. The Morgan fingerprint density at radius 1 is 1.19 bits per heavy atom. The second kappa shape index (κ2) is 8.61. The van der Waals surface area contributed by atoms with Crippen molar-refractivity contribution in [1.82, 2.24) is 0 Å². The number of ether oxygens (including phenoxy) is 1.